The van der Waals surface area contributed by atoms with Gasteiger partial charge in [0, 0.05) is 21.4 Å². The third-order valence-electron chi connectivity index (χ3n) is 4.38. The summed E-state index contributed by atoms with van der Waals surface area (Å²) in [5.41, 5.74) is 1.47. The van der Waals surface area contributed by atoms with Crippen molar-refractivity contribution in [2.45, 2.75) is 50.6 Å². The molecule has 1 aliphatic carbocycles. The maximum absolute atomic E-state index is 3.87. The second kappa shape index (κ2) is 7.08. The molecule has 0 bridgehead atoms. The van der Waals surface area contributed by atoms with Crippen molar-refractivity contribution in [2.75, 3.05) is 0 Å². The van der Waals surface area contributed by atoms with Crippen LogP contribution in [0, 0.1) is 0 Å². The predicted molar refractivity (Wildman–Crippen MR) is 95.0 cm³/mol. The second-order valence-corrected chi connectivity index (χ2v) is 7.74. The molecule has 1 aromatic carbocycles. The minimum absolute atomic E-state index is 0.542. The lowest BCUT2D eigenvalue weighted by atomic mass is 9.75. The maximum atomic E-state index is 3.87. The molecule has 1 saturated carbocycles. The van der Waals surface area contributed by atoms with E-state index in [-0.39, 0.29) is 0 Å². The van der Waals surface area contributed by atoms with E-state index < -0.39 is 0 Å². The number of rotatable bonds is 6. The molecule has 0 spiro atoms. The Morgan fingerprint density at radius 3 is 2.71 bits per heavy atom. The van der Waals surface area contributed by atoms with Crippen molar-refractivity contribution in [1.29, 1.82) is 0 Å². The minimum atomic E-state index is 0.542. The summed E-state index contributed by atoms with van der Waals surface area (Å²) < 4.78 is 1.26. The molecule has 112 valence electrons. The van der Waals surface area contributed by atoms with Gasteiger partial charge in [0.1, 0.15) is 0 Å². The van der Waals surface area contributed by atoms with Crippen molar-refractivity contribution in [3.63, 3.8) is 0 Å². The van der Waals surface area contributed by atoms with Crippen LogP contribution < -0.4 is 5.32 Å². The number of hydrogen-bond acceptors (Lipinski definition) is 2. The van der Waals surface area contributed by atoms with Crippen molar-refractivity contribution < 1.29 is 0 Å². The lowest BCUT2D eigenvalue weighted by molar-refractivity contribution is 0.260. The van der Waals surface area contributed by atoms with E-state index in [0.717, 1.165) is 0 Å². The topological polar surface area (TPSA) is 12.0 Å². The Balaban J connectivity index is 1.57. The van der Waals surface area contributed by atoms with E-state index >= 15 is 0 Å². The first-order chi connectivity index (χ1) is 10.3. The highest BCUT2D eigenvalue weighted by atomic mass is 79.9. The average molecular weight is 364 g/mol. The zero-order valence-corrected chi connectivity index (χ0v) is 14.8. The van der Waals surface area contributed by atoms with Crippen molar-refractivity contribution in [2.24, 2.45) is 0 Å². The summed E-state index contributed by atoms with van der Waals surface area (Å²) in [5.74, 6) is 0.712. The summed E-state index contributed by atoms with van der Waals surface area (Å²) >= 11 is 5.56. The van der Waals surface area contributed by atoms with Crippen LogP contribution >= 0.6 is 27.3 Å². The molecule has 2 aromatic rings. The zero-order valence-electron chi connectivity index (χ0n) is 12.4. The monoisotopic (exact) mass is 363 g/mol. The van der Waals surface area contributed by atoms with Gasteiger partial charge in [0.15, 0.2) is 0 Å². The SMILES string of the molecule is CCCC(NC1CC(c2ccccc2Br)C1)c1cccs1. The van der Waals surface area contributed by atoms with Crippen LogP contribution in [0.15, 0.2) is 46.3 Å². The molecule has 1 N–H and O–H groups in total. The second-order valence-electron chi connectivity index (χ2n) is 5.91. The summed E-state index contributed by atoms with van der Waals surface area (Å²) in [7, 11) is 0. The van der Waals surface area contributed by atoms with Gasteiger partial charge in [0.2, 0.25) is 0 Å². The van der Waals surface area contributed by atoms with Crippen LogP contribution in [0.3, 0.4) is 0 Å². The van der Waals surface area contributed by atoms with Gasteiger partial charge in [-0.15, -0.1) is 11.3 Å². The summed E-state index contributed by atoms with van der Waals surface area (Å²) in [5, 5.41) is 6.06. The lowest BCUT2D eigenvalue weighted by Gasteiger charge is -2.39. The van der Waals surface area contributed by atoms with E-state index in [1.807, 2.05) is 11.3 Å². The normalized spacial score (nSPS) is 22.8. The van der Waals surface area contributed by atoms with Crippen LogP contribution in [0.1, 0.15) is 55.0 Å². The third-order valence-corrected chi connectivity index (χ3v) is 6.09. The van der Waals surface area contributed by atoms with Crippen LogP contribution in [0.5, 0.6) is 0 Å². The number of nitrogens with one attached hydrogen (secondary N) is 1. The number of benzene rings is 1. The van der Waals surface area contributed by atoms with Gasteiger partial charge >= 0.3 is 0 Å². The Labute approximate surface area is 139 Å². The highest BCUT2D eigenvalue weighted by Gasteiger charge is 2.32. The molecule has 21 heavy (non-hydrogen) atoms. The van der Waals surface area contributed by atoms with Crippen LogP contribution in [0.4, 0.5) is 0 Å². The first-order valence-electron chi connectivity index (χ1n) is 7.81. The Hall–Kier alpha value is -0.640. The van der Waals surface area contributed by atoms with Gasteiger partial charge in [-0.05, 0) is 48.3 Å². The Kier molecular flexibility index (Phi) is 5.15. The largest absolute Gasteiger partial charge is 0.306 e. The fourth-order valence-electron chi connectivity index (χ4n) is 3.18. The van der Waals surface area contributed by atoms with Gasteiger partial charge in [-0.2, -0.15) is 0 Å². The number of thiophene rings is 1. The van der Waals surface area contributed by atoms with Gasteiger partial charge in [-0.25, -0.2) is 0 Å². The molecule has 3 rings (SSSR count). The molecule has 0 saturated heterocycles. The van der Waals surface area contributed by atoms with Crippen molar-refractivity contribution in [1.82, 2.24) is 5.32 Å². The van der Waals surface area contributed by atoms with Gasteiger partial charge in [-0.1, -0.05) is 53.5 Å². The van der Waals surface area contributed by atoms with E-state index in [4.69, 9.17) is 0 Å². The van der Waals surface area contributed by atoms with Gasteiger partial charge in [-0.3, -0.25) is 0 Å². The summed E-state index contributed by atoms with van der Waals surface area (Å²) in [6.45, 7) is 2.27. The molecule has 1 atom stereocenters. The fourth-order valence-corrected chi connectivity index (χ4v) is 4.61. The summed E-state index contributed by atoms with van der Waals surface area (Å²) in [6, 6.07) is 14.3. The van der Waals surface area contributed by atoms with E-state index in [9.17, 15) is 0 Å². The van der Waals surface area contributed by atoms with Gasteiger partial charge in [0.05, 0.1) is 0 Å². The predicted octanol–water partition coefficient (Wildman–Crippen LogP) is 5.89. The molecule has 0 amide bonds. The quantitative estimate of drug-likeness (QED) is 0.674. The van der Waals surface area contributed by atoms with Crippen LogP contribution in [0.25, 0.3) is 0 Å². The minimum Gasteiger partial charge on any atom is -0.306 e. The van der Waals surface area contributed by atoms with Gasteiger partial charge in [0.25, 0.3) is 0 Å². The zero-order chi connectivity index (χ0) is 14.7. The highest BCUT2D eigenvalue weighted by molar-refractivity contribution is 9.10. The van der Waals surface area contributed by atoms with Crippen LogP contribution in [-0.4, -0.2) is 6.04 Å². The lowest BCUT2D eigenvalue weighted by Crippen LogP contribution is -2.41. The average Bonchev–Trinajstić information content (AvgIpc) is 2.96. The smallest absolute Gasteiger partial charge is 0.0416 e. The van der Waals surface area contributed by atoms with Crippen molar-refractivity contribution in [3.05, 3.63) is 56.7 Å². The maximum Gasteiger partial charge on any atom is 0.0416 e. The number of hydrogen-bond donors (Lipinski definition) is 1. The molecule has 1 aromatic heterocycles. The van der Waals surface area contributed by atoms with E-state index in [1.54, 1.807) is 0 Å². The van der Waals surface area contributed by atoms with E-state index in [1.165, 1.54) is 40.6 Å². The number of halogens is 1. The molecule has 1 unspecified atom stereocenters. The van der Waals surface area contributed by atoms with Crippen LogP contribution in [-0.2, 0) is 0 Å². The highest BCUT2D eigenvalue weighted by Crippen LogP contribution is 2.41. The molecule has 1 fully saturated rings. The summed E-state index contributed by atoms with van der Waals surface area (Å²) in [6.07, 6.45) is 4.98. The standard InChI is InChI=1S/C18H22BrNS/c1-2-6-17(18-9-5-10-21-18)20-14-11-13(12-14)15-7-3-4-8-16(15)19/h3-5,7-10,13-14,17,20H,2,6,11-12H2,1H3. The third kappa shape index (κ3) is 3.58. The molecular formula is C18H22BrNS. The van der Waals surface area contributed by atoms with Crippen molar-refractivity contribution in [3.8, 4) is 0 Å². The molecule has 0 aliphatic heterocycles. The molecule has 1 heterocycles. The van der Waals surface area contributed by atoms with Gasteiger partial charge < -0.3 is 5.32 Å². The fraction of sp³-hybridized carbons (Fsp3) is 0.444. The Morgan fingerprint density at radius 1 is 1.24 bits per heavy atom. The summed E-state index contributed by atoms with van der Waals surface area (Å²) in [4.78, 5) is 1.49. The first-order valence-corrected chi connectivity index (χ1v) is 9.49. The van der Waals surface area contributed by atoms with Crippen LogP contribution in [0.2, 0.25) is 0 Å². The Bertz CT molecular complexity index is 560. The molecular weight excluding hydrogens is 342 g/mol. The van der Waals surface area contributed by atoms with E-state index in [0.29, 0.717) is 18.0 Å². The molecule has 0 radical (unpaired) electrons. The molecule has 1 nitrogen and oxygen atoms in total. The van der Waals surface area contributed by atoms with Crippen molar-refractivity contribution >= 4 is 27.3 Å². The molecule has 1 aliphatic rings. The first kappa shape index (κ1) is 15.3. The Morgan fingerprint density at radius 2 is 2.05 bits per heavy atom. The molecule has 3 heteroatoms. The van der Waals surface area contributed by atoms with E-state index in [2.05, 4.69) is 69.9 Å².